The highest BCUT2D eigenvalue weighted by Crippen LogP contribution is 2.28. The first-order valence-corrected chi connectivity index (χ1v) is 7.31. The van der Waals surface area contributed by atoms with Gasteiger partial charge in [-0.25, -0.2) is 9.97 Å². The average molecular weight is 278 g/mol. The van der Waals surface area contributed by atoms with Crippen LogP contribution < -0.4 is 4.90 Å². The number of ether oxygens (including phenoxy) is 1. The molecule has 0 N–H and O–H groups in total. The first kappa shape index (κ1) is 12.8. The van der Waals surface area contributed by atoms with Gasteiger partial charge in [-0.2, -0.15) is 0 Å². The maximum Gasteiger partial charge on any atom is 0.150 e. The summed E-state index contributed by atoms with van der Waals surface area (Å²) in [6, 6.07) is 2.04. The number of rotatable bonds is 3. The summed E-state index contributed by atoms with van der Waals surface area (Å²) in [4.78, 5) is 13.2. The lowest BCUT2D eigenvalue weighted by Crippen LogP contribution is -2.46. The Balaban J connectivity index is 1.83. The van der Waals surface area contributed by atoms with Gasteiger partial charge < -0.3 is 14.5 Å². The average Bonchev–Trinajstić information content (AvgIpc) is 2.86. The summed E-state index contributed by atoms with van der Waals surface area (Å²) in [7, 11) is 4.15. The summed E-state index contributed by atoms with van der Waals surface area (Å²) in [5, 5.41) is 2.07. The van der Waals surface area contributed by atoms with E-state index in [1.807, 2.05) is 6.07 Å². The smallest absolute Gasteiger partial charge is 0.150 e. The highest BCUT2D eigenvalue weighted by atomic mass is 32.1. The third kappa shape index (κ3) is 2.70. The van der Waals surface area contributed by atoms with E-state index in [1.54, 1.807) is 17.7 Å². The predicted octanol–water partition coefficient (Wildman–Crippen LogP) is 1.46. The van der Waals surface area contributed by atoms with Crippen molar-refractivity contribution in [3.05, 3.63) is 17.8 Å². The SMILES string of the molecule is CN(C)C[C@@H]1CN(c2ncnc3ccsc23)CCO1. The summed E-state index contributed by atoms with van der Waals surface area (Å²) in [5.74, 6) is 1.05. The molecule has 1 aliphatic rings. The van der Waals surface area contributed by atoms with Gasteiger partial charge in [0.1, 0.15) is 12.1 Å². The van der Waals surface area contributed by atoms with Gasteiger partial charge in [-0.1, -0.05) is 0 Å². The first-order chi connectivity index (χ1) is 9.24. The molecule has 3 heterocycles. The van der Waals surface area contributed by atoms with Crippen LogP contribution in [0.5, 0.6) is 0 Å². The normalized spacial score (nSPS) is 20.4. The van der Waals surface area contributed by atoms with Gasteiger partial charge >= 0.3 is 0 Å². The summed E-state index contributed by atoms with van der Waals surface area (Å²) in [6.07, 6.45) is 1.90. The summed E-state index contributed by atoms with van der Waals surface area (Å²) < 4.78 is 6.98. The fourth-order valence-electron chi connectivity index (χ4n) is 2.43. The molecule has 0 spiro atoms. The third-order valence-electron chi connectivity index (χ3n) is 3.23. The van der Waals surface area contributed by atoms with Crippen LogP contribution in [0, 0.1) is 0 Å². The molecule has 2 aromatic heterocycles. The van der Waals surface area contributed by atoms with E-state index in [4.69, 9.17) is 4.74 Å². The largest absolute Gasteiger partial charge is 0.373 e. The minimum Gasteiger partial charge on any atom is -0.373 e. The molecule has 19 heavy (non-hydrogen) atoms. The molecule has 1 atom stereocenters. The lowest BCUT2D eigenvalue weighted by Gasteiger charge is -2.34. The number of thiophene rings is 1. The number of morpholine rings is 1. The highest BCUT2D eigenvalue weighted by molar-refractivity contribution is 7.17. The van der Waals surface area contributed by atoms with Crippen LogP contribution in [-0.2, 0) is 4.74 Å². The second kappa shape index (κ2) is 5.40. The van der Waals surface area contributed by atoms with Crippen LogP contribution >= 0.6 is 11.3 Å². The standard InChI is InChI=1S/C13H18N4OS/c1-16(2)7-10-8-17(4-5-18-10)13-12-11(3-6-19-12)14-9-15-13/h3,6,9-10H,4-5,7-8H2,1-2H3/t10-/m1/s1. The molecule has 5 nitrogen and oxygen atoms in total. The summed E-state index contributed by atoms with van der Waals surface area (Å²) >= 11 is 1.70. The number of anilines is 1. The van der Waals surface area contributed by atoms with Gasteiger partial charge in [-0.15, -0.1) is 11.3 Å². The number of likely N-dealkylation sites (N-methyl/N-ethyl adjacent to an activating group) is 1. The minimum absolute atomic E-state index is 0.244. The summed E-state index contributed by atoms with van der Waals surface area (Å²) in [5.41, 5.74) is 1.03. The highest BCUT2D eigenvalue weighted by Gasteiger charge is 2.23. The Morgan fingerprint density at radius 1 is 1.47 bits per heavy atom. The van der Waals surface area contributed by atoms with E-state index in [9.17, 15) is 0 Å². The molecule has 6 heteroatoms. The molecule has 0 aliphatic carbocycles. The van der Waals surface area contributed by atoms with Crippen LogP contribution in [0.4, 0.5) is 5.82 Å². The molecule has 1 saturated heterocycles. The summed E-state index contributed by atoms with van der Waals surface area (Å²) in [6.45, 7) is 3.49. The Bertz CT molecular complexity index is 556. The second-order valence-corrected chi connectivity index (χ2v) is 5.95. The molecule has 0 aromatic carbocycles. The number of aromatic nitrogens is 2. The van der Waals surface area contributed by atoms with Crippen molar-refractivity contribution in [3.8, 4) is 0 Å². The van der Waals surface area contributed by atoms with Crippen molar-refractivity contribution in [3.63, 3.8) is 0 Å². The van der Waals surface area contributed by atoms with Crippen LogP contribution in [0.2, 0.25) is 0 Å². The number of hydrogen-bond acceptors (Lipinski definition) is 6. The maximum absolute atomic E-state index is 5.81. The Labute approximate surface area is 116 Å². The van der Waals surface area contributed by atoms with Gasteiger partial charge in [0.15, 0.2) is 0 Å². The topological polar surface area (TPSA) is 41.5 Å². The van der Waals surface area contributed by atoms with Crippen LogP contribution in [0.15, 0.2) is 17.8 Å². The van der Waals surface area contributed by atoms with Crippen molar-refractivity contribution in [1.29, 1.82) is 0 Å². The molecule has 102 valence electrons. The van der Waals surface area contributed by atoms with E-state index in [-0.39, 0.29) is 6.10 Å². The molecular formula is C13H18N4OS. The third-order valence-corrected chi connectivity index (χ3v) is 4.13. The van der Waals surface area contributed by atoms with E-state index < -0.39 is 0 Å². The van der Waals surface area contributed by atoms with Gasteiger partial charge in [-0.05, 0) is 25.5 Å². The molecular weight excluding hydrogens is 260 g/mol. The van der Waals surface area contributed by atoms with E-state index in [1.165, 1.54) is 4.70 Å². The Kier molecular flexibility index (Phi) is 3.63. The quantitative estimate of drug-likeness (QED) is 0.850. The van der Waals surface area contributed by atoms with Crippen LogP contribution in [0.3, 0.4) is 0 Å². The monoisotopic (exact) mass is 278 g/mol. The Morgan fingerprint density at radius 2 is 2.37 bits per heavy atom. The van der Waals surface area contributed by atoms with E-state index in [0.29, 0.717) is 0 Å². The van der Waals surface area contributed by atoms with E-state index >= 15 is 0 Å². The number of hydrogen-bond donors (Lipinski definition) is 0. The zero-order valence-corrected chi connectivity index (χ0v) is 12.1. The van der Waals surface area contributed by atoms with Crippen LogP contribution in [0.25, 0.3) is 10.2 Å². The lowest BCUT2D eigenvalue weighted by molar-refractivity contribution is 0.0246. The Hall–Kier alpha value is -1.24. The van der Waals surface area contributed by atoms with Crippen molar-refractivity contribution >= 4 is 27.4 Å². The molecule has 0 unspecified atom stereocenters. The van der Waals surface area contributed by atoms with E-state index in [0.717, 1.165) is 37.6 Å². The maximum atomic E-state index is 5.81. The van der Waals surface area contributed by atoms with Gasteiger partial charge in [0.2, 0.25) is 0 Å². The number of nitrogens with zero attached hydrogens (tertiary/aromatic N) is 4. The van der Waals surface area contributed by atoms with Gasteiger partial charge in [0.25, 0.3) is 0 Å². The molecule has 0 saturated carbocycles. The van der Waals surface area contributed by atoms with E-state index in [2.05, 4.69) is 39.2 Å². The minimum atomic E-state index is 0.244. The Morgan fingerprint density at radius 3 is 3.21 bits per heavy atom. The van der Waals surface area contributed by atoms with Gasteiger partial charge in [0.05, 0.1) is 22.9 Å². The fourth-order valence-corrected chi connectivity index (χ4v) is 3.29. The van der Waals surface area contributed by atoms with Gasteiger partial charge in [-0.3, -0.25) is 0 Å². The fraction of sp³-hybridized carbons (Fsp3) is 0.538. The van der Waals surface area contributed by atoms with Crippen molar-refractivity contribution in [2.75, 3.05) is 45.2 Å². The van der Waals surface area contributed by atoms with Crippen molar-refractivity contribution in [2.24, 2.45) is 0 Å². The van der Waals surface area contributed by atoms with Crippen LogP contribution in [0.1, 0.15) is 0 Å². The molecule has 1 fully saturated rings. The first-order valence-electron chi connectivity index (χ1n) is 6.43. The predicted molar refractivity (Wildman–Crippen MR) is 77.9 cm³/mol. The van der Waals surface area contributed by atoms with Crippen molar-refractivity contribution < 1.29 is 4.74 Å². The van der Waals surface area contributed by atoms with Crippen molar-refractivity contribution in [1.82, 2.24) is 14.9 Å². The zero-order valence-electron chi connectivity index (χ0n) is 11.2. The van der Waals surface area contributed by atoms with Crippen LogP contribution in [-0.4, -0.2) is 61.3 Å². The molecule has 0 amide bonds. The van der Waals surface area contributed by atoms with Crippen molar-refractivity contribution in [2.45, 2.75) is 6.10 Å². The second-order valence-electron chi connectivity index (χ2n) is 5.03. The molecule has 0 radical (unpaired) electrons. The lowest BCUT2D eigenvalue weighted by atomic mass is 10.2. The zero-order chi connectivity index (χ0) is 13.2. The number of fused-ring (bicyclic) bond motifs is 1. The molecule has 1 aliphatic heterocycles. The molecule has 3 rings (SSSR count). The molecule has 2 aromatic rings. The van der Waals surface area contributed by atoms with Gasteiger partial charge in [0, 0.05) is 19.6 Å². The molecule has 0 bridgehead atoms.